The predicted molar refractivity (Wildman–Crippen MR) is 120 cm³/mol. The van der Waals surface area contributed by atoms with Crippen LogP contribution in [0.4, 0.5) is 0 Å². The molecule has 0 bridgehead atoms. The molecule has 0 saturated carbocycles. The van der Waals surface area contributed by atoms with E-state index in [0.717, 1.165) is 4.90 Å². The number of methoxy groups -OCH3 is 1. The van der Waals surface area contributed by atoms with Crippen molar-refractivity contribution in [1.82, 2.24) is 25.6 Å². The minimum absolute atomic E-state index is 0.126. The van der Waals surface area contributed by atoms with Crippen molar-refractivity contribution in [2.24, 2.45) is 0 Å². The SMILES string of the molecule is CO[C@@]1(NC(=O)C[S+]([O-])c2ccccc2)C(=O)N2C(C(=O)O)=C(CSc3cnn[nH]3)CS[C@H]21. The normalized spacial score (nSPS) is 23.0. The lowest BCUT2D eigenvalue weighted by atomic mass is 9.98. The van der Waals surface area contributed by atoms with E-state index in [2.05, 4.69) is 20.7 Å². The number of H-pyrrole nitrogens is 1. The van der Waals surface area contributed by atoms with E-state index in [4.69, 9.17) is 4.74 Å². The van der Waals surface area contributed by atoms with E-state index < -0.39 is 40.1 Å². The summed E-state index contributed by atoms with van der Waals surface area (Å²) in [6.07, 6.45) is 1.52. The van der Waals surface area contributed by atoms with Gasteiger partial charge in [-0.1, -0.05) is 23.4 Å². The second kappa shape index (κ2) is 9.77. The Morgan fingerprint density at radius 1 is 1.45 bits per heavy atom. The monoisotopic (exact) mass is 509 g/mol. The quantitative estimate of drug-likeness (QED) is 0.187. The van der Waals surface area contributed by atoms with Crippen LogP contribution in [-0.2, 0) is 30.3 Å². The maximum absolute atomic E-state index is 13.1. The van der Waals surface area contributed by atoms with Gasteiger partial charge in [0.2, 0.25) is 0 Å². The third-order valence-electron chi connectivity index (χ3n) is 5.02. The number of ether oxygens (including phenoxy) is 1. The molecule has 11 nitrogen and oxygen atoms in total. The summed E-state index contributed by atoms with van der Waals surface area (Å²) in [4.78, 5) is 39.4. The Balaban J connectivity index is 1.49. The van der Waals surface area contributed by atoms with Gasteiger partial charge in [0.05, 0.1) is 6.20 Å². The molecule has 2 amide bonds. The Hall–Kier alpha value is -2.52. The molecule has 3 heterocycles. The summed E-state index contributed by atoms with van der Waals surface area (Å²) in [5.74, 6) is -2.29. The number of hydrogen-bond donors (Lipinski definition) is 3. The molecule has 1 unspecified atom stereocenters. The molecule has 1 aromatic heterocycles. The van der Waals surface area contributed by atoms with Crippen LogP contribution in [0, 0.1) is 0 Å². The first-order valence-corrected chi connectivity index (χ1v) is 12.9. The molecule has 1 aromatic carbocycles. The molecule has 0 spiro atoms. The van der Waals surface area contributed by atoms with Crippen molar-refractivity contribution in [2.75, 3.05) is 24.4 Å². The number of hydrogen-bond acceptors (Lipinski definition) is 9. The fraction of sp³-hybridized carbons (Fsp3) is 0.316. The number of rotatable bonds is 9. The van der Waals surface area contributed by atoms with E-state index in [-0.39, 0.29) is 11.4 Å². The number of carboxylic acid groups (broad SMARTS) is 1. The van der Waals surface area contributed by atoms with Crippen molar-refractivity contribution < 1.29 is 28.8 Å². The van der Waals surface area contributed by atoms with Crippen LogP contribution in [0.1, 0.15) is 0 Å². The number of carboxylic acids is 1. The average molecular weight is 510 g/mol. The number of nitrogens with zero attached hydrogens (tertiary/aromatic N) is 3. The maximum atomic E-state index is 13.1. The minimum Gasteiger partial charge on any atom is -0.611 e. The van der Waals surface area contributed by atoms with Crippen LogP contribution in [0.15, 0.2) is 57.7 Å². The van der Waals surface area contributed by atoms with Crippen LogP contribution in [0.3, 0.4) is 0 Å². The summed E-state index contributed by atoms with van der Waals surface area (Å²) in [6.45, 7) is 0. The number of amides is 2. The molecule has 1 fully saturated rings. The Labute approximate surface area is 199 Å². The number of benzene rings is 1. The number of aromatic nitrogens is 3. The Kier molecular flexibility index (Phi) is 6.99. The number of β-lactam (4-membered cyclic amide) rings is 1. The van der Waals surface area contributed by atoms with Crippen LogP contribution in [-0.4, -0.2) is 83.2 Å². The Bertz CT molecular complexity index is 1080. The molecule has 33 heavy (non-hydrogen) atoms. The first-order chi connectivity index (χ1) is 15.9. The van der Waals surface area contributed by atoms with E-state index in [9.17, 15) is 24.0 Å². The second-order valence-electron chi connectivity index (χ2n) is 7.00. The summed E-state index contributed by atoms with van der Waals surface area (Å²) >= 11 is 0.997. The summed E-state index contributed by atoms with van der Waals surface area (Å²) in [5.41, 5.74) is -1.30. The van der Waals surface area contributed by atoms with Crippen LogP contribution < -0.4 is 5.32 Å². The van der Waals surface area contributed by atoms with Crippen LogP contribution in [0.2, 0.25) is 0 Å². The van der Waals surface area contributed by atoms with Crippen molar-refractivity contribution in [3.8, 4) is 0 Å². The zero-order valence-corrected chi connectivity index (χ0v) is 19.7. The fourth-order valence-corrected chi connectivity index (χ4v) is 6.80. The molecule has 2 aromatic rings. The minimum atomic E-state index is -1.73. The van der Waals surface area contributed by atoms with E-state index in [1.54, 1.807) is 30.3 Å². The molecule has 3 atom stereocenters. The van der Waals surface area contributed by atoms with Gasteiger partial charge in [-0.15, -0.1) is 28.6 Å². The molecule has 0 aliphatic carbocycles. The topological polar surface area (TPSA) is 161 Å². The third-order valence-corrected chi connectivity index (χ3v) is 8.72. The number of aliphatic carboxylic acids is 1. The van der Waals surface area contributed by atoms with Gasteiger partial charge >= 0.3 is 5.97 Å². The first-order valence-electron chi connectivity index (χ1n) is 9.56. The fourth-order valence-electron chi connectivity index (χ4n) is 3.49. The summed E-state index contributed by atoms with van der Waals surface area (Å²) in [7, 11) is 1.27. The van der Waals surface area contributed by atoms with E-state index >= 15 is 0 Å². The van der Waals surface area contributed by atoms with Gasteiger partial charge in [-0.2, -0.15) is 0 Å². The Morgan fingerprint density at radius 2 is 2.21 bits per heavy atom. The molecule has 0 radical (unpaired) electrons. The number of carbonyl (C=O) groups excluding carboxylic acids is 2. The lowest BCUT2D eigenvalue weighted by molar-refractivity contribution is -0.192. The lowest BCUT2D eigenvalue weighted by Gasteiger charge is -2.55. The molecular formula is C19H19N5O6S3. The summed E-state index contributed by atoms with van der Waals surface area (Å²) < 4.78 is 17.9. The first kappa shape index (κ1) is 23.6. The molecular weight excluding hydrogens is 490 g/mol. The predicted octanol–water partition coefficient (Wildman–Crippen LogP) is 0.417. The highest BCUT2D eigenvalue weighted by Crippen LogP contribution is 2.47. The van der Waals surface area contributed by atoms with Gasteiger partial charge in [0.25, 0.3) is 17.5 Å². The van der Waals surface area contributed by atoms with Gasteiger partial charge in [-0.25, -0.2) is 4.79 Å². The van der Waals surface area contributed by atoms with Crippen molar-refractivity contribution in [3.05, 3.63) is 47.8 Å². The molecule has 14 heteroatoms. The van der Waals surface area contributed by atoms with E-state index in [1.165, 1.54) is 36.8 Å². The molecule has 2 aliphatic rings. The van der Waals surface area contributed by atoms with Gasteiger partial charge in [0.15, 0.2) is 10.6 Å². The van der Waals surface area contributed by atoms with Crippen LogP contribution in [0.25, 0.3) is 0 Å². The van der Waals surface area contributed by atoms with Crippen LogP contribution in [0.5, 0.6) is 0 Å². The number of aromatic amines is 1. The van der Waals surface area contributed by atoms with E-state index in [1.807, 2.05) is 0 Å². The molecule has 2 aliphatic heterocycles. The molecule has 3 N–H and O–H groups in total. The zero-order chi connectivity index (χ0) is 23.6. The standard InChI is InChI=1S/C19H19N5O6S3/c1-30-19(21-13(25)10-33(29)12-5-3-2-4-6-12)17(28)24-15(16(26)27)11(9-32-18(19)24)8-31-14-7-20-23-22-14/h2-7,18H,8-10H2,1H3,(H,21,25)(H,26,27)(H,20,22,23)/t18-,19-,33?/m0/s1. The summed E-state index contributed by atoms with van der Waals surface area (Å²) in [5, 5.41) is 22.2. The number of fused-ring (bicyclic) bond motifs is 1. The van der Waals surface area contributed by atoms with E-state index in [0.29, 0.717) is 27.0 Å². The number of carbonyl (C=O) groups is 3. The zero-order valence-electron chi connectivity index (χ0n) is 17.2. The lowest BCUT2D eigenvalue weighted by Crippen LogP contribution is -2.81. The molecule has 4 rings (SSSR count). The largest absolute Gasteiger partial charge is 0.611 e. The smallest absolute Gasteiger partial charge is 0.352 e. The van der Waals surface area contributed by atoms with Gasteiger partial charge in [0, 0.05) is 18.6 Å². The van der Waals surface area contributed by atoms with Crippen molar-refractivity contribution in [1.29, 1.82) is 0 Å². The highest BCUT2D eigenvalue weighted by molar-refractivity contribution is 8.01. The third kappa shape index (κ3) is 4.48. The number of thioether (sulfide) groups is 2. The van der Waals surface area contributed by atoms with Gasteiger partial charge in [-0.05, 0) is 28.9 Å². The van der Waals surface area contributed by atoms with Gasteiger partial charge in [0.1, 0.15) is 16.1 Å². The Morgan fingerprint density at radius 3 is 2.85 bits per heavy atom. The maximum Gasteiger partial charge on any atom is 0.352 e. The average Bonchev–Trinajstić information content (AvgIpc) is 3.34. The summed E-state index contributed by atoms with van der Waals surface area (Å²) in [6, 6.07) is 8.49. The van der Waals surface area contributed by atoms with Crippen LogP contribution >= 0.6 is 23.5 Å². The van der Waals surface area contributed by atoms with Crippen molar-refractivity contribution in [2.45, 2.75) is 21.0 Å². The highest BCUT2D eigenvalue weighted by atomic mass is 32.2. The second-order valence-corrected chi connectivity index (χ2v) is 10.5. The highest BCUT2D eigenvalue weighted by Gasteiger charge is 2.66. The van der Waals surface area contributed by atoms with Crippen molar-refractivity contribution in [3.63, 3.8) is 0 Å². The number of nitrogens with one attached hydrogen (secondary N) is 2. The van der Waals surface area contributed by atoms with Gasteiger partial charge in [-0.3, -0.25) is 19.6 Å². The van der Waals surface area contributed by atoms with Gasteiger partial charge < -0.3 is 19.7 Å². The molecule has 1 saturated heterocycles. The molecule has 174 valence electrons. The van der Waals surface area contributed by atoms with Crippen molar-refractivity contribution >= 4 is 52.5 Å².